The van der Waals surface area contributed by atoms with Gasteiger partial charge in [0.25, 0.3) is 0 Å². The number of nitrogens with one attached hydrogen (secondary N) is 1. The standard InChI is InChI=1S/C21H33N3O3/c1-8-17(26-6)11-10-12-24(5)20-14-21(25)16(15-23(3)4)13-18(20)19(9-2)22-27-7/h8-11,13-14,22,25H,12,15H2,1-7H3/b11-10-,17-8+,19-9-. The van der Waals surface area contributed by atoms with Gasteiger partial charge in [0.05, 0.1) is 19.9 Å². The minimum absolute atomic E-state index is 0.275. The molecular formula is C21H33N3O3. The van der Waals surface area contributed by atoms with Gasteiger partial charge < -0.3 is 19.6 Å². The van der Waals surface area contributed by atoms with Crippen LogP contribution in [0.4, 0.5) is 5.69 Å². The van der Waals surface area contributed by atoms with Crippen LogP contribution in [0.3, 0.4) is 0 Å². The van der Waals surface area contributed by atoms with Crippen LogP contribution >= 0.6 is 0 Å². The monoisotopic (exact) mass is 375 g/mol. The quantitative estimate of drug-likeness (QED) is 0.371. The molecule has 1 aromatic rings. The lowest BCUT2D eigenvalue weighted by Gasteiger charge is -2.24. The van der Waals surface area contributed by atoms with Crippen molar-refractivity contribution in [3.63, 3.8) is 0 Å². The summed E-state index contributed by atoms with van der Waals surface area (Å²) in [5.74, 6) is 1.08. The molecule has 0 aliphatic carbocycles. The molecule has 0 heterocycles. The van der Waals surface area contributed by atoms with Crippen molar-refractivity contribution in [2.75, 3.05) is 46.8 Å². The third-order valence-corrected chi connectivity index (χ3v) is 4.07. The van der Waals surface area contributed by atoms with E-state index in [2.05, 4.69) is 10.4 Å². The third-order valence-electron chi connectivity index (χ3n) is 4.07. The number of methoxy groups -OCH3 is 1. The van der Waals surface area contributed by atoms with Gasteiger partial charge >= 0.3 is 0 Å². The molecule has 0 saturated carbocycles. The molecule has 0 amide bonds. The highest BCUT2D eigenvalue weighted by atomic mass is 16.6. The molecule has 6 nitrogen and oxygen atoms in total. The third kappa shape index (κ3) is 6.66. The summed E-state index contributed by atoms with van der Waals surface area (Å²) >= 11 is 0. The number of allylic oxidation sites excluding steroid dienone is 3. The van der Waals surface area contributed by atoms with Crippen LogP contribution in [0.25, 0.3) is 5.70 Å². The highest BCUT2D eigenvalue weighted by Crippen LogP contribution is 2.33. The van der Waals surface area contributed by atoms with E-state index >= 15 is 0 Å². The lowest BCUT2D eigenvalue weighted by molar-refractivity contribution is 0.136. The summed E-state index contributed by atoms with van der Waals surface area (Å²) < 4.78 is 5.25. The van der Waals surface area contributed by atoms with Crippen LogP contribution in [0.1, 0.15) is 25.0 Å². The highest BCUT2D eigenvalue weighted by Gasteiger charge is 2.16. The van der Waals surface area contributed by atoms with Gasteiger partial charge in [0.2, 0.25) is 0 Å². The number of hydrogen-bond acceptors (Lipinski definition) is 6. The number of ether oxygens (including phenoxy) is 1. The Kier molecular flexibility index (Phi) is 9.47. The fraction of sp³-hybridized carbons (Fsp3) is 0.429. The normalized spacial score (nSPS) is 12.7. The zero-order chi connectivity index (χ0) is 20.4. The maximum atomic E-state index is 10.5. The van der Waals surface area contributed by atoms with Crippen molar-refractivity contribution >= 4 is 11.4 Å². The summed E-state index contributed by atoms with van der Waals surface area (Å²) in [6.45, 7) is 5.18. The Bertz CT molecular complexity index is 694. The molecule has 1 aromatic carbocycles. The van der Waals surface area contributed by atoms with Gasteiger partial charge in [0.1, 0.15) is 11.5 Å². The topological polar surface area (TPSA) is 57.2 Å². The van der Waals surface area contributed by atoms with Crippen molar-refractivity contribution in [2.24, 2.45) is 0 Å². The minimum Gasteiger partial charge on any atom is -0.508 e. The summed E-state index contributed by atoms with van der Waals surface area (Å²) in [7, 11) is 9.17. The second-order valence-electron chi connectivity index (χ2n) is 6.42. The van der Waals surface area contributed by atoms with Crippen LogP contribution in [-0.4, -0.2) is 51.9 Å². The Morgan fingerprint density at radius 1 is 1.15 bits per heavy atom. The largest absolute Gasteiger partial charge is 0.508 e. The van der Waals surface area contributed by atoms with E-state index in [0.717, 1.165) is 28.3 Å². The van der Waals surface area contributed by atoms with E-state index in [0.29, 0.717) is 13.1 Å². The predicted octanol–water partition coefficient (Wildman–Crippen LogP) is 3.51. The highest BCUT2D eigenvalue weighted by molar-refractivity contribution is 5.77. The Morgan fingerprint density at radius 3 is 2.37 bits per heavy atom. The first kappa shape index (κ1) is 22.6. The van der Waals surface area contributed by atoms with E-state index in [1.165, 1.54) is 0 Å². The van der Waals surface area contributed by atoms with Crippen molar-refractivity contribution in [1.29, 1.82) is 0 Å². The molecule has 1 rings (SSSR count). The molecule has 0 fully saturated rings. The molecule has 0 aromatic heterocycles. The number of phenolic OH excluding ortho intramolecular Hbond substituents is 1. The Hall–Kier alpha value is -2.44. The summed E-state index contributed by atoms with van der Waals surface area (Å²) in [5, 5.41) is 10.5. The predicted molar refractivity (Wildman–Crippen MR) is 112 cm³/mol. The number of benzene rings is 1. The maximum absolute atomic E-state index is 10.5. The van der Waals surface area contributed by atoms with Crippen LogP contribution in [-0.2, 0) is 16.1 Å². The zero-order valence-corrected chi connectivity index (χ0v) is 17.5. The number of aromatic hydroxyl groups is 1. The Labute approximate surface area is 163 Å². The molecular weight excluding hydrogens is 342 g/mol. The molecule has 6 heteroatoms. The molecule has 2 N–H and O–H groups in total. The van der Waals surface area contributed by atoms with Gasteiger partial charge in [-0.2, -0.15) is 0 Å². The lowest BCUT2D eigenvalue weighted by atomic mass is 10.0. The van der Waals surface area contributed by atoms with Crippen LogP contribution in [0, 0.1) is 0 Å². The number of hydrogen-bond donors (Lipinski definition) is 2. The van der Waals surface area contributed by atoms with E-state index < -0.39 is 0 Å². The van der Waals surface area contributed by atoms with Gasteiger partial charge in [-0.05, 0) is 46.2 Å². The van der Waals surface area contributed by atoms with Crippen LogP contribution in [0.2, 0.25) is 0 Å². The van der Waals surface area contributed by atoms with Gasteiger partial charge in [-0.3, -0.25) is 10.3 Å². The van der Waals surface area contributed by atoms with E-state index in [-0.39, 0.29) is 5.75 Å². The minimum atomic E-state index is 0.275. The molecule has 0 aliphatic rings. The van der Waals surface area contributed by atoms with Crippen molar-refractivity contribution in [3.8, 4) is 5.75 Å². The number of hydroxylamine groups is 1. The number of anilines is 1. The van der Waals surface area contributed by atoms with Gasteiger partial charge in [0.15, 0.2) is 0 Å². The number of rotatable bonds is 10. The zero-order valence-electron chi connectivity index (χ0n) is 17.5. The van der Waals surface area contributed by atoms with Crippen molar-refractivity contribution in [2.45, 2.75) is 20.4 Å². The SMILES string of the molecule is C/C=C(\NOC)c1cc(CN(C)C)c(O)cc1N(C)C/C=C\C(=C/C)OC. The molecule has 0 atom stereocenters. The van der Waals surface area contributed by atoms with Crippen LogP contribution in [0.15, 0.2) is 42.2 Å². The van der Waals surface area contributed by atoms with Crippen molar-refractivity contribution in [3.05, 3.63) is 53.3 Å². The summed E-state index contributed by atoms with van der Waals surface area (Å²) in [6, 6.07) is 3.80. The van der Waals surface area contributed by atoms with E-state index in [9.17, 15) is 5.11 Å². The number of nitrogens with zero attached hydrogens (tertiary/aromatic N) is 2. The average molecular weight is 376 g/mol. The fourth-order valence-electron chi connectivity index (χ4n) is 2.71. The first-order valence-electron chi connectivity index (χ1n) is 8.92. The molecule has 0 saturated heterocycles. The van der Waals surface area contributed by atoms with Crippen molar-refractivity contribution < 1.29 is 14.7 Å². The number of likely N-dealkylation sites (N-methyl/N-ethyl adjacent to an activating group) is 1. The molecule has 150 valence electrons. The second-order valence-corrected chi connectivity index (χ2v) is 6.42. The van der Waals surface area contributed by atoms with Gasteiger partial charge in [-0.1, -0.05) is 12.2 Å². The first-order chi connectivity index (χ1) is 12.9. The summed E-state index contributed by atoms with van der Waals surface area (Å²) in [5.41, 5.74) is 6.49. The van der Waals surface area contributed by atoms with Gasteiger partial charge in [-0.25, -0.2) is 0 Å². The molecule has 0 bridgehead atoms. The maximum Gasteiger partial charge on any atom is 0.122 e. The molecule has 0 radical (unpaired) electrons. The Morgan fingerprint density at radius 2 is 1.85 bits per heavy atom. The first-order valence-corrected chi connectivity index (χ1v) is 8.92. The Balaban J connectivity index is 3.28. The van der Waals surface area contributed by atoms with Crippen molar-refractivity contribution in [1.82, 2.24) is 10.4 Å². The van der Waals surface area contributed by atoms with Gasteiger partial charge in [0, 0.05) is 43.0 Å². The number of phenols is 1. The lowest BCUT2D eigenvalue weighted by Crippen LogP contribution is -2.21. The van der Waals surface area contributed by atoms with E-state index in [1.54, 1.807) is 20.3 Å². The molecule has 0 spiro atoms. The smallest absolute Gasteiger partial charge is 0.122 e. The summed E-state index contributed by atoms with van der Waals surface area (Å²) in [4.78, 5) is 9.21. The van der Waals surface area contributed by atoms with E-state index in [1.807, 2.05) is 70.3 Å². The molecule has 0 unspecified atom stereocenters. The van der Waals surface area contributed by atoms with Crippen LogP contribution < -0.4 is 10.4 Å². The molecule has 27 heavy (non-hydrogen) atoms. The molecule has 0 aliphatic heterocycles. The van der Waals surface area contributed by atoms with E-state index in [4.69, 9.17) is 9.57 Å². The van der Waals surface area contributed by atoms with Crippen LogP contribution in [0.5, 0.6) is 5.75 Å². The fourth-order valence-corrected chi connectivity index (χ4v) is 2.71. The average Bonchev–Trinajstić information content (AvgIpc) is 2.64. The summed E-state index contributed by atoms with van der Waals surface area (Å²) in [6.07, 6.45) is 7.81. The second kappa shape index (κ2) is 11.3. The van der Waals surface area contributed by atoms with Gasteiger partial charge in [-0.15, -0.1) is 0 Å².